The zero-order valence-corrected chi connectivity index (χ0v) is 23.1. The summed E-state index contributed by atoms with van der Waals surface area (Å²) < 4.78 is 5.73. The van der Waals surface area contributed by atoms with E-state index in [1.165, 1.54) is 16.7 Å². The van der Waals surface area contributed by atoms with E-state index in [-0.39, 0.29) is 6.09 Å². The average molecular weight is 519 g/mol. The smallest absolute Gasteiger partial charge is 0.408 e. The maximum atomic E-state index is 13.1. The lowest BCUT2D eigenvalue weighted by Crippen LogP contribution is -2.58. The lowest BCUT2D eigenvalue weighted by Gasteiger charge is -2.51. The minimum atomic E-state index is -0.564. The van der Waals surface area contributed by atoms with Gasteiger partial charge in [-0.25, -0.2) is 4.79 Å². The average Bonchev–Trinajstić information content (AvgIpc) is 2.96. The predicted molar refractivity (Wildman–Crippen MR) is 158 cm³/mol. The largest absolute Gasteiger partial charge is 0.444 e. The Labute approximate surface area is 232 Å². The standard InChI is InChI=1S/C35H38N2O2/c1-33(2,3)39-32(38)36-34(28-16-8-4-9-17-28)24-26-37(27-25-34)35(29-18-10-5-11-19-29,30-20-12-6-13-21-30)31-22-14-7-15-23-31/h4-23H,24-27H2,1-3H3,(H,36,38). The van der Waals surface area contributed by atoms with Crippen molar-refractivity contribution in [3.05, 3.63) is 144 Å². The van der Waals surface area contributed by atoms with Crippen molar-refractivity contribution in [2.75, 3.05) is 13.1 Å². The van der Waals surface area contributed by atoms with Crippen LogP contribution in [0, 0.1) is 0 Å². The van der Waals surface area contributed by atoms with Gasteiger partial charge in [0.1, 0.15) is 5.60 Å². The van der Waals surface area contributed by atoms with Crippen molar-refractivity contribution >= 4 is 6.09 Å². The van der Waals surface area contributed by atoms with E-state index in [0.717, 1.165) is 31.5 Å². The van der Waals surface area contributed by atoms with Gasteiger partial charge in [-0.05, 0) is 55.9 Å². The molecule has 0 saturated carbocycles. The Morgan fingerprint density at radius 3 is 1.44 bits per heavy atom. The molecule has 0 radical (unpaired) electrons. The van der Waals surface area contributed by atoms with Gasteiger partial charge in [0.05, 0.1) is 11.1 Å². The summed E-state index contributed by atoms with van der Waals surface area (Å²) in [4.78, 5) is 15.7. The van der Waals surface area contributed by atoms with Crippen LogP contribution in [0.15, 0.2) is 121 Å². The quantitative estimate of drug-likeness (QED) is 0.269. The summed E-state index contributed by atoms with van der Waals surface area (Å²) in [6.45, 7) is 7.27. The maximum absolute atomic E-state index is 13.1. The molecule has 0 unspecified atom stereocenters. The van der Waals surface area contributed by atoms with E-state index < -0.39 is 16.7 Å². The SMILES string of the molecule is CC(C)(C)OC(=O)NC1(c2ccccc2)CCN(C(c2ccccc2)(c2ccccc2)c2ccccc2)CC1. The van der Waals surface area contributed by atoms with E-state index in [2.05, 4.69) is 113 Å². The summed E-state index contributed by atoms with van der Waals surface area (Å²) in [6.07, 6.45) is 1.13. The topological polar surface area (TPSA) is 41.6 Å². The fourth-order valence-corrected chi connectivity index (χ4v) is 6.05. The molecule has 1 heterocycles. The molecule has 5 rings (SSSR count). The summed E-state index contributed by atoms with van der Waals surface area (Å²) in [7, 11) is 0. The first-order valence-electron chi connectivity index (χ1n) is 13.8. The van der Waals surface area contributed by atoms with Gasteiger partial charge in [-0.3, -0.25) is 4.90 Å². The van der Waals surface area contributed by atoms with Gasteiger partial charge in [0.15, 0.2) is 0 Å². The lowest BCUT2D eigenvalue weighted by atomic mass is 9.72. The number of nitrogens with one attached hydrogen (secondary N) is 1. The molecule has 1 N–H and O–H groups in total. The lowest BCUT2D eigenvalue weighted by molar-refractivity contribution is 0.0305. The summed E-state index contributed by atoms with van der Waals surface area (Å²) in [5.41, 5.74) is 3.25. The van der Waals surface area contributed by atoms with Crippen LogP contribution < -0.4 is 5.32 Å². The molecule has 4 heteroatoms. The highest BCUT2D eigenvalue weighted by molar-refractivity contribution is 5.69. The van der Waals surface area contributed by atoms with Crippen LogP contribution in [0.4, 0.5) is 4.79 Å². The Bertz CT molecular complexity index is 1250. The van der Waals surface area contributed by atoms with E-state index in [9.17, 15) is 4.79 Å². The zero-order chi connectivity index (χ0) is 27.3. The molecule has 0 aliphatic carbocycles. The number of hydrogen-bond acceptors (Lipinski definition) is 3. The molecule has 200 valence electrons. The molecule has 4 nitrogen and oxygen atoms in total. The molecule has 1 fully saturated rings. The summed E-state index contributed by atoms with van der Waals surface area (Å²) in [5.74, 6) is 0. The normalized spacial score (nSPS) is 15.9. The Morgan fingerprint density at radius 2 is 1.05 bits per heavy atom. The van der Waals surface area contributed by atoms with Gasteiger partial charge < -0.3 is 10.1 Å². The van der Waals surface area contributed by atoms with Gasteiger partial charge in [-0.2, -0.15) is 0 Å². The first-order valence-corrected chi connectivity index (χ1v) is 13.8. The Kier molecular flexibility index (Phi) is 7.58. The van der Waals surface area contributed by atoms with Crippen LogP contribution in [-0.2, 0) is 15.8 Å². The van der Waals surface area contributed by atoms with Crippen molar-refractivity contribution in [3.8, 4) is 0 Å². The zero-order valence-electron chi connectivity index (χ0n) is 23.1. The van der Waals surface area contributed by atoms with Crippen molar-refractivity contribution in [1.82, 2.24) is 10.2 Å². The molecule has 39 heavy (non-hydrogen) atoms. The van der Waals surface area contributed by atoms with E-state index in [4.69, 9.17) is 4.74 Å². The number of piperidine rings is 1. The van der Waals surface area contributed by atoms with Gasteiger partial charge in [0.2, 0.25) is 0 Å². The minimum absolute atomic E-state index is 0.375. The third-order valence-electron chi connectivity index (χ3n) is 7.73. The predicted octanol–water partition coefficient (Wildman–Crippen LogP) is 7.49. The number of ether oxygens (including phenoxy) is 1. The number of rotatable bonds is 6. The van der Waals surface area contributed by atoms with Crippen molar-refractivity contribution in [1.29, 1.82) is 0 Å². The van der Waals surface area contributed by atoms with Gasteiger partial charge in [-0.1, -0.05) is 121 Å². The fraction of sp³-hybridized carbons (Fsp3) is 0.286. The third kappa shape index (κ3) is 5.48. The highest BCUT2D eigenvalue weighted by Crippen LogP contribution is 2.46. The molecule has 1 saturated heterocycles. The molecule has 1 amide bonds. The highest BCUT2D eigenvalue weighted by atomic mass is 16.6. The highest BCUT2D eigenvalue weighted by Gasteiger charge is 2.47. The van der Waals surface area contributed by atoms with Crippen molar-refractivity contribution in [2.24, 2.45) is 0 Å². The van der Waals surface area contributed by atoms with Gasteiger partial charge >= 0.3 is 6.09 Å². The molecular formula is C35H38N2O2. The van der Waals surface area contributed by atoms with Crippen LogP contribution in [0.3, 0.4) is 0 Å². The second-order valence-corrected chi connectivity index (χ2v) is 11.4. The van der Waals surface area contributed by atoms with Gasteiger partial charge in [-0.15, -0.1) is 0 Å². The van der Waals surface area contributed by atoms with E-state index in [1.807, 2.05) is 39.0 Å². The molecule has 4 aromatic carbocycles. The maximum Gasteiger partial charge on any atom is 0.408 e. The number of hydrogen-bond donors (Lipinski definition) is 1. The second kappa shape index (κ2) is 11.1. The minimum Gasteiger partial charge on any atom is -0.444 e. The number of carbonyl (C=O) groups is 1. The Hall–Kier alpha value is -3.89. The van der Waals surface area contributed by atoms with Crippen LogP contribution in [0.1, 0.15) is 55.9 Å². The number of likely N-dealkylation sites (tertiary alicyclic amines) is 1. The second-order valence-electron chi connectivity index (χ2n) is 11.4. The van der Waals surface area contributed by atoms with Crippen LogP contribution in [-0.4, -0.2) is 29.7 Å². The molecule has 0 bridgehead atoms. The number of amides is 1. The Balaban J connectivity index is 1.58. The van der Waals surface area contributed by atoms with Crippen molar-refractivity contribution < 1.29 is 9.53 Å². The molecule has 4 aromatic rings. The van der Waals surface area contributed by atoms with Crippen LogP contribution in [0.5, 0.6) is 0 Å². The van der Waals surface area contributed by atoms with Crippen LogP contribution in [0.25, 0.3) is 0 Å². The monoisotopic (exact) mass is 518 g/mol. The molecule has 1 aliphatic heterocycles. The first kappa shape index (κ1) is 26.7. The molecule has 0 spiro atoms. The summed E-state index contributed by atoms with van der Waals surface area (Å²) in [6, 6.07) is 42.7. The first-order chi connectivity index (χ1) is 18.8. The van der Waals surface area contributed by atoms with E-state index in [1.54, 1.807) is 0 Å². The number of alkyl carbamates (subject to hydrolysis) is 1. The Morgan fingerprint density at radius 1 is 0.667 bits per heavy atom. The molecular weight excluding hydrogens is 480 g/mol. The van der Waals surface area contributed by atoms with Gasteiger partial charge in [0.25, 0.3) is 0 Å². The number of nitrogens with zero attached hydrogens (tertiary/aromatic N) is 1. The van der Waals surface area contributed by atoms with E-state index >= 15 is 0 Å². The molecule has 0 atom stereocenters. The summed E-state index contributed by atoms with van der Waals surface area (Å²) >= 11 is 0. The molecule has 1 aliphatic rings. The van der Waals surface area contributed by atoms with E-state index in [0.29, 0.717) is 0 Å². The van der Waals surface area contributed by atoms with Crippen molar-refractivity contribution in [3.63, 3.8) is 0 Å². The molecule has 0 aromatic heterocycles. The van der Waals surface area contributed by atoms with Crippen LogP contribution >= 0.6 is 0 Å². The number of carbonyl (C=O) groups excluding carboxylic acids is 1. The van der Waals surface area contributed by atoms with Crippen molar-refractivity contribution in [2.45, 2.75) is 50.3 Å². The fourth-order valence-electron chi connectivity index (χ4n) is 6.05. The number of benzene rings is 4. The van der Waals surface area contributed by atoms with Gasteiger partial charge in [0, 0.05) is 13.1 Å². The summed E-state index contributed by atoms with van der Waals surface area (Å²) in [5, 5.41) is 3.31. The third-order valence-corrected chi connectivity index (χ3v) is 7.73. The van der Waals surface area contributed by atoms with Crippen LogP contribution in [0.2, 0.25) is 0 Å².